The topological polar surface area (TPSA) is 42.9 Å². The Hall–Kier alpha value is -1.64. The van der Waals surface area contributed by atoms with Crippen LogP contribution in [-0.2, 0) is 0 Å². The molecule has 0 bridgehead atoms. The lowest BCUT2D eigenvalue weighted by Crippen LogP contribution is -2.39. The summed E-state index contributed by atoms with van der Waals surface area (Å²) in [5, 5.41) is 7.00. The van der Waals surface area contributed by atoms with Gasteiger partial charge in [0.05, 0.1) is 0 Å². The zero-order valence-corrected chi connectivity index (χ0v) is 22.0. The van der Waals surface area contributed by atoms with Crippen molar-refractivity contribution in [2.24, 2.45) is 4.99 Å². The summed E-state index contributed by atoms with van der Waals surface area (Å²) >= 11 is 0. The van der Waals surface area contributed by atoms with Gasteiger partial charge >= 0.3 is 0 Å². The fourth-order valence-electron chi connectivity index (χ4n) is 4.29. The smallest absolute Gasteiger partial charge is 0.190 e. The number of halogens is 1. The van der Waals surface area contributed by atoms with Crippen LogP contribution in [-0.4, -0.2) is 75.7 Å². The molecule has 5 nitrogen and oxygen atoms in total. The van der Waals surface area contributed by atoms with E-state index in [9.17, 15) is 0 Å². The van der Waals surface area contributed by atoms with E-state index in [1.165, 1.54) is 43.7 Å². The third kappa shape index (κ3) is 9.08. The predicted molar refractivity (Wildman–Crippen MR) is 147 cm³/mol. The van der Waals surface area contributed by atoms with Crippen LogP contribution in [0, 0.1) is 0 Å². The molecule has 0 aliphatic carbocycles. The van der Waals surface area contributed by atoms with Crippen LogP contribution in [0.25, 0.3) is 0 Å². The summed E-state index contributed by atoms with van der Waals surface area (Å²) in [6, 6.07) is 21.6. The molecule has 2 aromatic carbocycles. The van der Waals surface area contributed by atoms with Crippen LogP contribution in [0.1, 0.15) is 36.3 Å². The maximum Gasteiger partial charge on any atom is 0.190 e. The minimum atomic E-state index is 0. The Bertz CT molecular complexity index is 729. The molecule has 0 atom stereocenters. The van der Waals surface area contributed by atoms with Gasteiger partial charge in [0.2, 0.25) is 0 Å². The van der Waals surface area contributed by atoms with E-state index in [1.807, 2.05) is 7.05 Å². The van der Waals surface area contributed by atoms with Gasteiger partial charge in [-0.3, -0.25) is 4.99 Å². The molecule has 32 heavy (non-hydrogen) atoms. The van der Waals surface area contributed by atoms with Crippen LogP contribution in [0.5, 0.6) is 0 Å². The van der Waals surface area contributed by atoms with Crippen LogP contribution in [0.2, 0.25) is 0 Å². The molecule has 176 valence electrons. The second-order valence-corrected chi connectivity index (χ2v) is 8.44. The van der Waals surface area contributed by atoms with Gasteiger partial charge in [0.1, 0.15) is 0 Å². The van der Waals surface area contributed by atoms with Gasteiger partial charge in [-0.05, 0) is 57.1 Å². The number of likely N-dealkylation sites (N-methyl/N-ethyl adjacent to an activating group) is 1. The average Bonchev–Trinajstić information content (AvgIpc) is 3.03. The van der Waals surface area contributed by atoms with E-state index in [2.05, 4.69) is 93.1 Å². The van der Waals surface area contributed by atoms with E-state index < -0.39 is 0 Å². The Kier molecular flexibility index (Phi) is 12.7. The molecule has 3 rings (SSSR count). The largest absolute Gasteiger partial charge is 0.356 e. The molecule has 1 fully saturated rings. The normalized spacial score (nSPS) is 15.8. The van der Waals surface area contributed by atoms with Crippen molar-refractivity contribution < 1.29 is 0 Å². The predicted octanol–water partition coefficient (Wildman–Crippen LogP) is 4.02. The summed E-state index contributed by atoms with van der Waals surface area (Å²) in [6.07, 6.45) is 3.44. The third-order valence-electron chi connectivity index (χ3n) is 6.11. The summed E-state index contributed by atoms with van der Waals surface area (Å²) < 4.78 is 0. The number of hydrogen-bond acceptors (Lipinski definition) is 3. The van der Waals surface area contributed by atoms with E-state index in [1.54, 1.807) is 0 Å². The van der Waals surface area contributed by atoms with Gasteiger partial charge in [-0.25, -0.2) is 0 Å². The van der Waals surface area contributed by atoms with Gasteiger partial charge in [0.25, 0.3) is 0 Å². The number of aliphatic imine (C=N–C) groups is 1. The zero-order valence-electron chi connectivity index (χ0n) is 19.7. The second kappa shape index (κ2) is 15.2. The highest BCUT2D eigenvalue weighted by atomic mass is 127. The first kappa shape index (κ1) is 26.6. The van der Waals surface area contributed by atoms with Crippen LogP contribution in [0.3, 0.4) is 0 Å². The Morgan fingerprint density at radius 1 is 0.875 bits per heavy atom. The Morgan fingerprint density at radius 2 is 1.50 bits per heavy atom. The van der Waals surface area contributed by atoms with Gasteiger partial charge in [-0.15, -0.1) is 24.0 Å². The molecule has 0 amide bonds. The summed E-state index contributed by atoms with van der Waals surface area (Å²) in [7, 11) is 4.08. The lowest BCUT2D eigenvalue weighted by molar-refractivity contribution is 0.274. The van der Waals surface area contributed by atoms with Crippen molar-refractivity contribution in [1.29, 1.82) is 0 Å². The quantitative estimate of drug-likeness (QED) is 0.215. The Labute approximate surface area is 211 Å². The van der Waals surface area contributed by atoms with Crippen molar-refractivity contribution in [3.63, 3.8) is 0 Å². The molecular weight excluding hydrogens is 509 g/mol. The number of rotatable bonds is 9. The first-order chi connectivity index (χ1) is 15.3. The first-order valence-electron chi connectivity index (χ1n) is 11.7. The van der Waals surface area contributed by atoms with Crippen LogP contribution < -0.4 is 10.6 Å². The van der Waals surface area contributed by atoms with Gasteiger partial charge in [-0.2, -0.15) is 0 Å². The van der Waals surface area contributed by atoms with Crippen molar-refractivity contribution >= 4 is 29.9 Å². The van der Waals surface area contributed by atoms with Crippen molar-refractivity contribution in [1.82, 2.24) is 20.4 Å². The molecule has 0 saturated carbocycles. The van der Waals surface area contributed by atoms with Crippen molar-refractivity contribution in [2.45, 2.75) is 25.2 Å². The van der Waals surface area contributed by atoms with E-state index in [0.717, 1.165) is 38.4 Å². The molecule has 1 aliphatic heterocycles. The molecular formula is C26H40IN5. The summed E-state index contributed by atoms with van der Waals surface area (Å²) in [5.74, 6) is 1.28. The maximum atomic E-state index is 4.41. The average molecular weight is 550 g/mol. The molecule has 6 heteroatoms. The summed E-state index contributed by atoms with van der Waals surface area (Å²) in [4.78, 5) is 9.44. The fraction of sp³-hybridized carbons (Fsp3) is 0.500. The standard InChI is InChI=1S/C26H39N5.HI/c1-27-26(28-16-9-19-31-20-10-18-30(2)21-22-31)29-17-15-25(23-11-5-3-6-12-23)24-13-7-4-8-14-24;/h3-8,11-14,25H,9-10,15-22H2,1-2H3,(H2,27,28,29);1H. The fourth-order valence-corrected chi connectivity index (χ4v) is 4.29. The van der Waals surface area contributed by atoms with E-state index in [-0.39, 0.29) is 24.0 Å². The van der Waals surface area contributed by atoms with E-state index in [0.29, 0.717) is 5.92 Å². The van der Waals surface area contributed by atoms with Crippen LogP contribution in [0.4, 0.5) is 0 Å². The molecule has 0 aromatic heterocycles. The minimum Gasteiger partial charge on any atom is -0.356 e. The van der Waals surface area contributed by atoms with Crippen molar-refractivity contribution in [3.8, 4) is 0 Å². The molecule has 0 radical (unpaired) electrons. The molecule has 0 spiro atoms. The van der Waals surface area contributed by atoms with E-state index >= 15 is 0 Å². The van der Waals surface area contributed by atoms with E-state index in [4.69, 9.17) is 0 Å². The third-order valence-corrected chi connectivity index (χ3v) is 6.11. The zero-order chi connectivity index (χ0) is 21.7. The highest BCUT2D eigenvalue weighted by Crippen LogP contribution is 2.27. The Morgan fingerprint density at radius 3 is 2.12 bits per heavy atom. The van der Waals surface area contributed by atoms with Gasteiger partial charge in [0, 0.05) is 39.1 Å². The lowest BCUT2D eigenvalue weighted by atomic mass is 9.88. The first-order valence-corrected chi connectivity index (χ1v) is 11.7. The number of nitrogens with zero attached hydrogens (tertiary/aromatic N) is 3. The molecule has 0 unspecified atom stereocenters. The monoisotopic (exact) mass is 549 g/mol. The molecule has 2 aromatic rings. The van der Waals surface area contributed by atoms with Gasteiger partial charge < -0.3 is 20.4 Å². The highest BCUT2D eigenvalue weighted by molar-refractivity contribution is 14.0. The SMILES string of the molecule is CN=C(NCCCN1CCCN(C)CC1)NCCC(c1ccccc1)c1ccccc1.I. The van der Waals surface area contributed by atoms with Gasteiger partial charge in [0.15, 0.2) is 5.96 Å². The second-order valence-electron chi connectivity index (χ2n) is 8.44. The number of hydrogen-bond donors (Lipinski definition) is 2. The minimum absolute atomic E-state index is 0. The molecule has 2 N–H and O–H groups in total. The van der Waals surface area contributed by atoms with Crippen LogP contribution in [0.15, 0.2) is 65.7 Å². The maximum absolute atomic E-state index is 4.41. The summed E-state index contributed by atoms with van der Waals surface area (Å²) in [5.41, 5.74) is 2.73. The van der Waals surface area contributed by atoms with Crippen molar-refractivity contribution in [2.75, 3.05) is 59.9 Å². The lowest BCUT2D eigenvalue weighted by Gasteiger charge is -2.21. The Balaban J connectivity index is 0.00000363. The molecule has 1 saturated heterocycles. The van der Waals surface area contributed by atoms with Gasteiger partial charge in [-0.1, -0.05) is 60.7 Å². The molecule has 1 aliphatic rings. The summed E-state index contributed by atoms with van der Waals surface area (Å²) in [6.45, 7) is 7.79. The van der Waals surface area contributed by atoms with Crippen molar-refractivity contribution in [3.05, 3.63) is 71.8 Å². The number of guanidine groups is 1. The molecule has 1 heterocycles. The number of nitrogens with one attached hydrogen (secondary N) is 2. The highest BCUT2D eigenvalue weighted by Gasteiger charge is 2.14. The number of benzene rings is 2. The van der Waals surface area contributed by atoms with Crippen LogP contribution >= 0.6 is 24.0 Å².